The van der Waals surface area contributed by atoms with Crippen LogP contribution in [0.3, 0.4) is 0 Å². The zero-order chi connectivity index (χ0) is 30.2. The van der Waals surface area contributed by atoms with E-state index in [9.17, 15) is 0 Å². The molecule has 8 nitrogen and oxygen atoms in total. The number of ether oxygens (including phenoxy) is 4. The molecule has 1 aliphatic rings. The molecule has 1 aromatic heterocycles. The highest BCUT2D eigenvalue weighted by Gasteiger charge is 2.40. The minimum absolute atomic E-state index is 0.117. The highest BCUT2D eigenvalue weighted by atomic mass is 16.6. The maximum atomic E-state index is 7.05. The van der Waals surface area contributed by atoms with Crippen molar-refractivity contribution in [3.8, 4) is 11.5 Å². The van der Waals surface area contributed by atoms with Crippen LogP contribution in [0.15, 0.2) is 102 Å². The molecule has 8 heteroatoms. The average Bonchev–Trinajstić information content (AvgIpc) is 3.68. The van der Waals surface area contributed by atoms with Crippen LogP contribution < -0.4 is 15.2 Å². The van der Waals surface area contributed by atoms with Crippen LogP contribution in [0, 0.1) is 6.92 Å². The second-order valence-electron chi connectivity index (χ2n) is 10.5. The first-order valence-electron chi connectivity index (χ1n) is 14.7. The summed E-state index contributed by atoms with van der Waals surface area (Å²) < 4.78 is 26.6. The number of rotatable bonds is 12. The van der Waals surface area contributed by atoms with E-state index in [1.54, 1.807) is 26.7 Å². The molecule has 4 aromatic rings. The van der Waals surface area contributed by atoms with E-state index in [4.69, 9.17) is 24.7 Å². The molecular formula is C35H40N4O4. The Morgan fingerprint density at radius 1 is 0.953 bits per heavy atom. The van der Waals surface area contributed by atoms with E-state index in [2.05, 4.69) is 53.3 Å². The molecule has 2 atom stereocenters. The molecule has 5 rings (SSSR count). The topological polar surface area (TPSA) is 93.1 Å². The van der Waals surface area contributed by atoms with Gasteiger partial charge in [-0.1, -0.05) is 67.6 Å². The molecule has 1 saturated heterocycles. The van der Waals surface area contributed by atoms with Crippen LogP contribution in [0.25, 0.3) is 0 Å². The van der Waals surface area contributed by atoms with Crippen LogP contribution in [-0.4, -0.2) is 42.3 Å². The first-order chi connectivity index (χ1) is 21.0. The van der Waals surface area contributed by atoms with E-state index in [1.165, 1.54) is 0 Å². The highest BCUT2D eigenvalue weighted by molar-refractivity contribution is 5.97. The van der Waals surface area contributed by atoms with E-state index in [0.29, 0.717) is 18.1 Å². The molecular weight excluding hydrogens is 540 g/mol. The molecule has 0 aliphatic carbocycles. The number of benzene rings is 3. The van der Waals surface area contributed by atoms with Crippen LogP contribution in [0.1, 0.15) is 60.5 Å². The largest absolute Gasteiger partial charge is 0.497 e. The van der Waals surface area contributed by atoms with Crippen molar-refractivity contribution >= 4 is 5.84 Å². The number of nitrogens with two attached hydrogens (primary N) is 1. The molecule has 1 aliphatic heterocycles. The van der Waals surface area contributed by atoms with Gasteiger partial charge in [-0.05, 0) is 67.1 Å². The molecule has 0 radical (unpaired) electrons. The van der Waals surface area contributed by atoms with Crippen LogP contribution in [-0.2, 0) is 15.1 Å². The Labute approximate surface area is 253 Å². The zero-order valence-corrected chi connectivity index (χ0v) is 25.3. The highest BCUT2D eigenvalue weighted by Crippen LogP contribution is 2.42. The van der Waals surface area contributed by atoms with E-state index in [0.717, 1.165) is 53.1 Å². The number of hydrogen-bond donors (Lipinski definition) is 1. The van der Waals surface area contributed by atoms with Gasteiger partial charge >= 0.3 is 0 Å². The third-order valence-electron chi connectivity index (χ3n) is 7.89. The van der Waals surface area contributed by atoms with Crippen molar-refractivity contribution in [2.75, 3.05) is 20.8 Å². The first kappa shape index (κ1) is 30.1. The van der Waals surface area contributed by atoms with Gasteiger partial charge < -0.3 is 29.2 Å². The Bertz CT molecular complexity index is 1480. The van der Waals surface area contributed by atoms with Gasteiger partial charge in [0.2, 0.25) is 0 Å². The third-order valence-corrected chi connectivity index (χ3v) is 7.89. The van der Waals surface area contributed by atoms with Crippen molar-refractivity contribution in [2.24, 2.45) is 10.7 Å². The summed E-state index contributed by atoms with van der Waals surface area (Å²) in [6, 6.07) is 26.4. The fraction of sp³-hybridized carbons (Fsp3) is 0.314. The average molecular weight is 581 g/mol. The van der Waals surface area contributed by atoms with Crippen molar-refractivity contribution in [3.05, 3.63) is 126 Å². The normalized spacial score (nSPS) is 17.4. The molecule has 2 unspecified atom stereocenters. The number of allylic oxidation sites excluding steroid dienone is 1. The summed E-state index contributed by atoms with van der Waals surface area (Å²) in [6.45, 7) is 4.43. The third kappa shape index (κ3) is 6.35. The quantitative estimate of drug-likeness (QED) is 0.116. The van der Waals surface area contributed by atoms with Crippen molar-refractivity contribution < 1.29 is 18.9 Å². The first-order valence-corrected chi connectivity index (χ1v) is 14.7. The summed E-state index contributed by atoms with van der Waals surface area (Å²) in [6.07, 6.45) is 7.75. The number of amidine groups is 1. The molecule has 0 amide bonds. The fourth-order valence-corrected chi connectivity index (χ4v) is 5.57. The Morgan fingerprint density at radius 3 is 2.14 bits per heavy atom. The molecule has 0 saturated carbocycles. The lowest BCUT2D eigenvalue weighted by atomic mass is 9.80. The molecule has 2 N–H and O–H groups in total. The molecule has 2 heterocycles. The van der Waals surface area contributed by atoms with Gasteiger partial charge in [0.05, 0.1) is 33.3 Å². The number of nitrogens with zero attached hydrogens (tertiary/aromatic N) is 3. The Hall–Kier alpha value is -4.40. The summed E-state index contributed by atoms with van der Waals surface area (Å²) >= 11 is 0. The molecule has 43 heavy (non-hydrogen) atoms. The van der Waals surface area contributed by atoms with Gasteiger partial charge in [0.1, 0.15) is 29.0 Å². The SMILES string of the molecule is CC/C=C/N=C(N)c1ncn(C2CCC(COC(c3ccccc3)(c3ccc(OC)cc3)c3ccc(OC)cc3)O2)c1C. The molecule has 224 valence electrons. The van der Waals surface area contributed by atoms with Gasteiger partial charge in [0.15, 0.2) is 5.84 Å². The van der Waals surface area contributed by atoms with Crippen molar-refractivity contribution in [1.29, 1.82) is 0 Å². The van der Waals surface area contributed by atoms with Gasteiger partial charge in [-0.25, -0.2) is 9.98 Å². The summed E-state index contributed by atoms with van der Waals surface area (Å²) in [5.41, 5.74) is 9.91. The molecule has 0 spiro atoms. The fourth-order valence-electron chi connectivity index (χ4n) is 5.57. The van der Waals surface area contributed by atoms with Gasteiger partial charge in [-0.15, -0.1) is 0 Å². The van der Waals surface area contributed by atoms with Crippen LogP contribution >= 0.6 is 0 Å². The van der Waals surface area contributed by atoms with Crippen molar-refractivity contribution in [3.63, 3.8) is 0 Å². The standard InChI is InChI=1S/C35H40N4O4/c1-5-6-22-37-34(36)33-25(2)39(24-38-33)32-21-20-31(43-32)23-42-35(26-10-8-7-9-11-26,27-12-16-29(40-3)17-13-27)28-14-18-30(41-4)19-15-28/h6-19,22,24,31-32H,5,20-21,23H2,1-4H3,(H2,36,37)/b22-6+. The minimum Gasteiger partial charge on any atom is -0.497 e. The molecule has 0 bridgehead atoms. The lowest BCUT2D eigenvalue weighted by molar-refractivity contribution is -0.0767. The zero-order valence-electron chi connectivity index (χ0n) is 25.3. The lowest BCUT2D eigenvalue weighted by Gasteiger charge is -2.37. The number of imidazole rings is 1. The minimum atomic E-state index is -0.893. The maximum Gasteiger partial charge on any atom is 0.151 e. The Morgan fingerprint density at radius 2 is 1.56 bits per heavy atom. The van der Waals surface area contributed by atoms with Crippen LogP contribution in [0.2, 0.25) is 0 Å². The summed E-state index contributed by atoms with van der Waals surface area (Å²) in [5, 5.41) is 0. The van der Waals surface area contributed by atoms with Gasteiger partial charge in [0.25, 0.3) is 0 Å². The number of methoxy groups -OCH3 is 2. The van der Waals surface area contributed by atoms with Crippen LogP contribution in [0.5, 0.6) is 11.5 Å². The summed E-state index contributed by atoms with van der Waals surface area (Å²) in [4.78, 5) is 8.86. The second-order valence-corrected chi connectivity index (χ2v) is 10.5. The summed E-state index contributed by atoms with van der Waals surface area (Å²) in [7, 11) is 3.34. The van der Waals surface area contributed by atoms with Gasteiger partial charge in [-0.2, -0.15) is 0 Å². The van der Waals surface area contributed by atoms with E-state index in [1.807, 2.05) is 60.0 Å². The van der Waals surface area contributed by atoms with Crippen LogP contribution in [0.4, 0.5) is 0 Å². The molecule has 3 aromatic carbocycles. The second kappa shape index (κ2) is 13.7. The number of hydrogen-bond acceptors (Lipinski definition) is 6. The van der Waals surface area contributed by atoms with Crippen molar-refractivity contribution in [2.45, 2.75) is 51.0 Å². The maximum absolute atomic E-state index is 7.05. The number of aromatic nitrogens is 2. The summed E-state index contributed by atoms with van der Waals surface area (Å²) in [5.74, 6) is 1.96. The Balaban J connectivity index is 1.44. The monoisotopic (exact) mass is 580 g/mol. The van der Waals surface area contributed by atoms with E-state index < -0.39 is 5.60 Å². The van der Waals surface area contributed by atoms with Gasteiger partial charge in [0, 0.05) is 11.9 Å². The number of aliphatic imine (C=N–C) groups is 1. The smallest absolute Gasteiger partial charge is 0.151 e. The predicted molar refractivity (Wildman–Crippen MR) is 169 cm³/mol. The lowest BCUT2D eigenvalue weighted by Crippen LogP contribution is -2.35. The predicted octanol–water partition coefficient (Wildman–Crippen LogP) is 6.52. The molecule has 1 fully saturated rings. The van der Waals surface area contributed by atoms with E-state index in [-0.39, 0.29) is 12.3 Å². The Kier molecular flexibility index (Phi) is 9.59. The van der Waals surface area contributed by atoms with E-state index >= 15 is 0 Å². The van der Waals surface area contributed by atoms with Gasteiger partial charge in [-0.3, -0.25) is 0 Å². The van der Waals surface area contributed by atoms with Crippen molar-refractivity contribution in [1.82, 2.24) is 9.55 Å².